The first-order valence-electron chi connectivity index (χ1n) is 7.29. The maximum absolute atomic E-state index is 13.6. The van der Waals surface area contributed by atoms with E-state index in [0.29, 0.717) is 12.0 Å². The van der Waals surface area contributed by atoms with Gasteiger partial charge in [0, 0.05) is 18.7 Å². The number of nitrogens with one attached hydrogen (secondary N) is 2. The Labute approximate surface area is 120 Å². The average Bonchev–Trinajstić information content (AvgIpc) is 2.36. The fraction of sp³-hybridized carbons (Fsp3) is 0.562. The SMILES string of the molecule is CC(=O)Nc1cc(NC2CCC(C)CC2C)ccc1F. The highest BCUT2D eigenvalue weighted by Gasteiger charge is 2.25. The highest BCUT2D eigenvalue weighted by atomic mass is 19.1. The summed E-state index contributed by atoms with van der Waals surface area (Å²) in [4.78, 5) is 11.1. The van der Waals surface area contributed by atoms with Crippen molar-refractivity contribution in [2.75, 3.05) is 10.6 Å². The number of anilines is 2. The highest BCUT2D eigenvalue weighted by molar-refractivity contribution is 5.89. The van der Waals surface area contributed by atoms with Crippen LogP contribution >= 0.6 is 0 Å². The number of hydrogen-bond acceptors (Lipinski definition) is 2. The smallest absolute Gasteiger partial charge is 0.221 e. The monoisotopic (exact) mass is 278 g/mol. The van der Waals surface area contributed by atoms with E-state index < -0.39 is 5.82 Å². The van der Waals surface area contributed by atoms with Crippen LogP contribution in [0.15, 0.2) is 18.2 Å². The van der Waals surface area contributed by atoms with Crippen LogP contribution < -0.4 is 10.6 Å². The molecule has 110 valence electrons. The largest absolute Gasteiger partial charge is 0.382 e. The summed E-state index contributed by atoms with van der Waals surface area (Å²) in [7, 11) is 0. The standard InChI is InChI=1S/C16H23FN2O/c1-10-4-7-15(11(2)8-10)19-13-5-6-14(17)16(9-13)18-12(3)20/h5-6,9-11,15,19H,4,7-8H2,1-3H3,(H,18,20). The third-order valence-corrected chi connectivity index (χ3v) is 4.06. The molecule has 1 aromatic rings. The van der Waals surface area contributed by atoms with Crippen molar-refractivity contribution in [3.63, 3.8) is 0 Å². The molecule has 1 aliphatic rings. The number of hydrogen-bond donors (Lipinski definition) is 2. The van der Waals surface area contributed by atoms with Gasteiger partial charge in [0.1, 0.15) is 5.82 Å². The molecule has 2 N–H and O–H groups in total. The van der Waals surface area contributed by atoms with Gasteiger partial charge in [0.25, 0.3) is 0 Å². The minimum absolute atomic E-state index is 0.235. The average molecular weight is 278 g/mol. The molecule has 0 bridgehead atoms. The summed E-state index contributed by atoms with van der Waals surface area (Å²) in [6.45, 7) is 5.93. The van der Waals surface area contributed by atoms with Crippen LogP contribution in [0.4, 0.5) is 15.8 Å². The molecule has 1 aliphatic carbocycles. The van der Waals surface area contributed by atoms with Gasteiger partial charge in [-0.1, -0.05) is 13.8 Å². The first-order valence-corrected chi connectivity index (χ1v) is 7.29. The van der Waals surface area contributed by atoms with Crippen LogP contribution in [-0.4, -0.2) is 11.9 Å². The molecule has 3 atom stereocenters. The summed E-state index contributed by atoms with van der Waals surface area (Å²) in [5.41, 5.74) is 1.10. The molecule has 1 amide bonds. The molecule has 4 heteroatoms. The minimum atomic E-state index is -0.406. The molecule has 0 radical (unpaired) electrons. The van der Waals surface area contributed by atoms with E-state index in [2.05, 4.69) is 24.5 Å². The summed E-state index contributed by atoms with van der Waals surface area (Å²) in [5, 5.41) is 5.99. The van der Waals surface area contributed by atoms with Gasteiger partial charge in [-0.05, 0) is 49.3 Å². The summed E-state index contributed by atoms with van der Waals surface area (Å²) in [6, 6.07) is 5.21. The molecule has 20 heavy (non-hydrogen) atoms. The predicted octanol–water partition coefficient (Wildman–Crippen LogP) is 4.02. The van der Waals surface area contributed by atoms with Gasteiger partial charge in [-0.2, -0.15) is 0 Å². The first-order chi connectivity index (χ1) is 9.45. The number of halogens is 1. The van der Waals surface area contributed by atoms with E-state index >= 15 is 0 Å². The highest BCUT2D eigenvalue weighted by Crippen LogP contribution is 2.31. The van der Waals surface area contributed by atoms with Crippen molar-refractivity contribution in [1.82, 2.24) is 0 Å². The molecule has 0 spiro atoms. The van der Waals surface area contributed by atoms with Crippen LogP contribution in [0.25, 0.3) is 0 Å². The lowest BCUT2D eigenvalue weighted by Gasteiger charge is -2.34. The molecule has 0 aliphatic heterocycles. The Morgan fingerprint density at radius 3 is 2.70 bits per heavy atom. The second kappa shape index (κ2) is 6.25. The van der Waals surface area contributed by atoms with Crippen molar-refractivity contribution in [1.29, 1.82) is 0 Å². The molecule has 3 nitrogen and oxygen atoms in total. The summed E-state index contributed by atoms with van der Waals surface area (Å²) >= 11 is 0. The number of carbonyl (C=O) groups excluding carboxylic acids is 1. The molecule has 0 heterocycles. The van der Waals surface area contributed by atoms with Gasteiger partial charge >= 0.3 is 0 Å². The second-order valence-corrected chi connectivity index (χ2v) is 6.02. The van der Waals surface area contributed by atoms with Gasteiger partial charge in [-0.25, -0.2) is 4.39 Å². The molecule has 3 unspecified atom stereocenters. The topological polar surface area (TPSA) is 41.1 Å². The molecular formula is C16H23FN2O. The fourth-order valence-electron chi connectivity index (χ4n) is 2.99. The van der Waals surface area contributed by atoms with Crippen molar-refractivity contribution >= 4 is 17.3 Å². The van der Waals surface area contributed by atoms with Crippen molar-refractivity contribution in [3.8, 4) is 0 Å². The Bertz CT molecular complexity index is 489. The van der Waals surface area contributed by atoms with Gasteiger partial charge < -0.3 is 10.6 Å². The first kappa shape index (κ1) is 14.8. The molecular weight excluding hydrogens is 255 g/mol. The van der Waals surface area contributed by atoms with Gasteiger partial charge in [0.15, 0.2) is 0 Å². The number of amides is 1. The van der Waals surface area contributed by atoms with E-state index in [0.717, 1.165) is 18.0 Å². The normalized spacial score (nSPS) is 26.1. The summed E-state index contributed by atoms with van der Waals surface area (Å²) in [5.74, 6) is 0.719. The maximum atomic E-state index is 13.6. The van der Waals surface area contributed by atoms with E-state index in [4.69, 9.17) is 0 Å². The molecule has 0 aromatic heterocycles. The second-order valence-electron chi connectivity index (χ2n) is 6.02. The van der Waals surface area contributed by atoms with Crippen molar-refractivity contribution in [2.45, 2.75) is 46.1 Å². The van der Waals surface area contributed by atoms with E-state index in [1.807, 2.05) is 0 Å². The Kier molecular flexibility index (Phi) is 4.63. The third-order valence-electron chi connectivity index (χ3n) is 4.06. The lowest BCUT2D eigenvalue weighted by Crippen LogP contribution is -2.33. The van der Waals surface area contributed by atoms with Crippen LogP contribution in [-0.2, 0) is 4.79 Å². The number of rotatable bonds is 3. The van der Waals surface area contributed by atoms with E-state index in [9.17, 15) is 9.18 Å². The summed E-state index contributed by atoms with van der Waals surface area (Å²) in [6.07, 6.45) is 3.58. The third kappa shape index (κ3) is 3.71. The Hall–Kier alpha value is -1.58. The van der Waals surface area contributed by atoms with Gasteiger partial charge in [0.2, 0.25) is 5.91 Å². The van der Waals surface area contributed by atoms with Gasteiger partial charge in [-0.15, -0.1) is 0 Å². The Balaban J connectivity index is 2.07. The van der Waals surface area contributed by atoms with Crippen LogP contribution in [0, 0.1) is 17.7 Å². The lowest BCUT2D eigenvalue weighted by molar-refractivity contribution is -0.114. The quantitative estimate of drug-likeness (QED) is 0.876. The van der Waals surface area contributed by atoms with E-state index in [1.165, 1.54) is 25.8 Å². The molecule has 0 saturated heterocycles. The zero-order chi connectivity index (χ0) is 14.7. The van der Waals surface area contributed by atoms with Crippen LogP contribution in [0.1, 0.15) is 40.0 Å². The van der Waals surface area contributed by atoms with Gasteiger partial charge in [-0.3, -0.25) is 4.79 Å². The Morgan fingerprint density at radius 1 is 1.30 bits per heavy atom. The molecule has 1 fully saturated rings. The predicted molar refractivity (Wildman–Crippen MR) is 80.3 cm³/mol. The zero-order valence-corrected chi connectivity index (χ0v) is 12.4. The zero-order valence-electron chi connectivity index (χ0n) is 12.4. The number of carbonyl (C=O) groups is 1. The minimum Gasteiger partial charge on any atom is -0.382 e. The van der Waals surface area contributed by atoms with Crippen LogP contribution in [0.2, 0.25) is 0 Å². The van der Waals surface area contributed by atoms with Gasteiger partial charge in [0.05, 0.1) is 5.69 Å². The fourth-order valence-corrected chi connectivity index (χ4v) is 2.99. The van der Waals surface area contributed by atoms with Crippen molar-refractivity contribution in [3.05, 3.63) is 24.0 Å². The summed E-state index contributed by atoms with van der Waals surface area (Å²) < 4.78 is 13.6. The van der Waals surface area contributed by atoms with Crippen molar-refractivity contribution in [2.24, 2.45) is 11.8 Å². The van der Waals surface area contributed by atoms with Crippen molar-refractivity contribution < 1.29 is 9.18 Å². The molecule has 1 saturated carbocycles. The lowest BCUT2D eigenvalue weighted by atomic mass is 9.80. The van der Waals surface area contributed by atoms with Crippen LogP contribution in [0.3, 0.4) is 0 Å². The molecule has 2 rings (SSSR count). The maximum Gasteiger partial charge on any atom is 0.221 e. The Morgan fingerprint density at radius 2 is 2.05 bits per heavy atom. The van der Waals surface area contributed by atoms with Crippen LogP contribution in [0.5, 0.6) is 0 Å². The number of benzene rings is 1. The van der Waals surface area contributed by atoms with E-state index in [-0.39, 0.29) is 11.6 Å². The van der Waals surface area contributed by atoms with E-state index in [1.54, 1.807) is 12.1 Å². The molecule has 1 aromatic carbocycles.